The van der Waals surface area contributed by atoms with Crippen molar-refractivity contribution in [2.75, 3.05) is 26.2 Å². The molecule has 20 heavy (non-hydrogen) atoms. The van der Waals surface area contributed by atoms with Crippen molar-refractivity contribution in [1.29, 1.82) is 0 Å². The van der Waals surface area contributed by atoms with Crippen LogP contribution in [0.4, 0.5) is 0 Å². The van der Waals surface area contributed by atoms with Gasteiger partial charge >= 0.3 is 38.6 Å². The fourth-order valence-corrected chi connectivity index (χ4v) is 2.57. The molecule has 0 aromatic rings. The van der Waals surface area contributed by atoms with Gasteiger partial charge in [-0.25, -0.2) is 0 Å². The molecule has 0 saturated carbocycles. The van der Waals surface area contributed by atoms with E-state index in [-0.39, 0.29) is 46.5 Å². The topological polar surface area (TPSA) is 83.8 Å². The second kappa shape index (κ2) is 16.9. The average molecular weight is 384 g/mol. The summed E-state index contributed by atoms with van der Waals surface area (Å²) >= 11 is 0. The van der Waals surface area contributed by atoms with Gasteiger partial charge in [0.15, 0.2) is 0 Å². The summed E-state index contributed by atoms with van der Waals surface area (Å²) in [6.45, 7) is 14.8. The van der Waals surface area contributed by atoms with Crippen LogP contribution in [0.15, 0.2) is 0 Å². The van der Waals surface area contributed by atoms with Crippen molar-refractivity contribution in [1.82, 2.24) is 0 Å². The van der Waals surface area contributed by atoms with E-state index in [2.05, 4.69) is 27.7 Å². The molecule has 3 N–H and O–H groups in total. The molecule has 0 unspecified atom stereocenters. The molecular formula is C12H31BrNNaO4Si. The molecule has 5 nitrogen and oxygen atoms in total. The van der Waals surface area contributed by atoms with E-state index in [4.69, 9.17) is 19.2 Å². The molecule has 120 valence electrons. The molecule has 0 bridgehead atoms. The molecule has 0 heterocycles. The number of halogens is 1. The van der Waals surface area contributed by atoms with Gasteiger partial charge in [0.1, 0.15) is 0 Å². The average Bonchev–Trinajstić information content (AvgIpc) is 2.16. The van der Waals surface area contributed by atoms with Crippen molar-refractivity contribution < 1.29 is 70.2 Å². The molecule has 0 aliphatic heterocycles. The maximum atomic E-state index is 8.91. The van der Waals surface area contributed by atoms with E-state index in [1.165, 1.54) is 56.3 Å². The van der Waals surface area contributed by atoms with Crippen molar-refractivity contribution >= 4 is 9.05 Å². The summed E-state index contributed by atoms with van der Waals surface area (Å²) in [6.07, 6.45) is 5.33. The summed E-state index contributed by atoms with van der Waals surface area (Å²) in [5.41, 5.74) is 0. The molecule has 0 spiro atoms. The van der Waals surface area contributed by atoms with E-state index in [1.807, 2.05) is 0 Å². The molecule has 0 saturated heterocycles. The van der Waals surface area contributed by atoms with Crippen LogP contribution < -0.4 is 51.3 Å². The van der Waals surface area contributed by atoms with Gasteiger partial charge in [-0.2, -0.15) is 0 Å². The molecule has 0 amide bonds. The third-order valence-corrected chi connectivity index (χ3v) is 2.79. The van der Waals surface area contributed by atoms with Crippen LogP contribution in [0.2, 0.25) is 0 Å². The Morgan fingerprint density at radius 1 is 0.750 bits per heavy atom. The van der Waals surface area contributed by atoms with E-state index in [1.54, 1.807) is 0 Å². The van der Waals surface area contributed by atoms with Crippen molar-refractivity contribution in [3.05, 3.63) is 0 Å². The summed E-state index contributed by atoms with van der Waals surface area (Å²) in [7, 11) is -4.86. The minimum atomic E-state index is -4.86. The maximum absolute atomic E-state index is 8.91. The maximum Gasteiger partial charge on any atom is 1.00 e. The van der Waals surface area contributed by atoms with Gasteiger partial charge in [-0.3, -0.25) is 0 Å². The van der Waals surface area contributed by atoms with Gasteiger partial charge < -0.3 is 40.6 Å². The van der Waals surface area contributed by atoms with E-state index >= 15 is 0 Å². The van der Waals surface area contributed by atoms with Crippen molar-refractivity contribution in [2.45, 2.75) is 53.4 Å². The Morgan fingerprint density at radius 3 is 1.00 bits per heavy atom. The van der Waals surface area contributed by atoms with Crippen LogP contribution in [0, 0.1) is 0 Å². The largest absolute Gasteiger partial charge is 1.00 e. The molecule has 0 aliphatic carbocycles. The first-order valence-corrected chi connectivity index (χ1v) is 8.72. The smallest absolute Gasteiger partial charge is 1.00 e. The Bertz CT molecular complexity index is 161. The number of nitrogens with zero attached hydrogens (tertiary/aromatic N) is 1. The van der Waals surface area contributed by atoms with E-state index in [0.717, 1.165) is 0 Å². The quantitative estimate of drug-likeness (QED) is 0.288. The van der Waals surface area contributed by atoms with E-state index < -0.39 is 9.05 Å². The number of quaternary nitrogens is 1. The normalized spacial score (nSPS) is 10.8. The zero-order valence-electron chi connectivity index (χ0n) is 13.7. The molecular weight excluding hydrogens is 353 g/mol. The second-order valence-electron chi connectivity index (χ2n) is 4.81. The standard InChI is InChI=1S/C12H28N.BrH.Na.H3O4Si/c1-5-9-13(10-6-2,11-7-3)12-8-4;;;1-5(2,3)4/h5-12H2,1-4H3;1H;;1-3H/q+1;;+1;-1/p-1. The summed E-state index contributed by atoms with van der Waals surface area (Å²) in [5, 5.41) is 0. The van der Waals surface area contributed by atoms with Gasteiger partial charge in [0, 0.05) is 0 Å². The zero-order valence-corrected chi connectivity index (χ0v) is 18.3. The van der Waals surface area contributed by atoms with Gasteiger partial charge in [-0.1, -0.05) is 27.7 Å². The Hall–Kier alpha value is 1.50. The number of hydrogen-bond donors (Lipinski definition) is 3. The summed E-state index contributed by atoms with van der Waals surface area (Å²) < 4.78 is 1.38. The molecule has 0 radical (unpaired) electrons. The Labute approximate surface area is 158 Å². The van der Waals surface area contributed by atoms with Crippen LogP contribution in [0.25, 0.3) is 0 Å². The Kier molecular flexibility index (Phi) is 24.9. The molecule has 0 aliphatic rings. The predicted molar refractivity (Wildman–Crippen MR) is 73.3 cm³/mol. The molecule has 0 atom stereocenters. The van der Waals surface area contributed by atoms with Crippen LogP contribution in [-0.2, 0) is 0 Å². The SMILES string of the molecule is CCC[N+](CCC)(CCC)CCC.[Br-].[Na+].[O-][Si](O)(O)O. The fraction of sp³-hybridized carbons (Fsp3) is 1.00. The number of hydrogen-bond acceptors (Lipinski definition) is 4. The van der Waals surface area contributed by atoms with E-state index in [0.29, 0.717) is 0 Å². The van der Waals surface area contributed by atoms with E-state index in [9.17, 15) is 0 Å². The van der Waals surface area contributed by atoms with Crippen molar-refractivity contribution in [3.63, 3.8) is 0 Å². The van der Waals surface area contributed by atoms with Gasteiger partial charge in [-0.15, -0.1) is 0 Å². The fourth-order valence-electron chi connectivity index (χ4n) is 2.57. The van der Waals surface area contributed by atoms with Gasteiger partial charge in [-0.05, 0) is 25.7 Å². The monoisotopic (exact) mass is 383 g/mol. The first-order valence-electron chi connectivity index (χ1n) is 6.97. The first-order chi connectivity index (χ1) is 8.24. The third-order valence-electron chi connectivity index (χ3n) is 2.79. The minimum Gasteiger partial charge on any atom is -1.00 e. The minimum absolute atomic E-state index is 0. The van der Waals surface area contributed by atoms with Gasteiger partial charge in [0.2, 0.25) is 0 Å². The first kappa shape index (κ1) is 29.5. The molecule has 0 aromatic carbocycles. The Balaban J connectivity index is -0.000000158. The van der Waals surface area contributed by atoms with Gasteiger partial charge in [0.05, 0.1) is 26.2 Å². The Morgan fingerprint density at radius 2 is 0.900 bits per heavy atom. The van der Waals surface area contributed by atoms with Crippen molar-refractivity contribution in [3.8, 4) is 0 Å². The number of rotatable bonds is 8. The van der Waals surface area contributed by atoms with Crippen molar-refractivity contribution in [2.24, 2.45) is 0 Å². The second-order valence-corrected chi connectivity index (χ2v) is 5.96. The van der Waals surface area contributed by atoms with Crippen LogP contribution in [0.5, 0.6) is 0 Å². The molecule has 0 rings (SSSR count). The van der Waals surface area contributed by atoms with Crippen LogP contribution >= 0.6 is 0 Å². The third kappa shape index (κ3) is 21.8. The summed E-state index contributed by atoms with van der Waals surface area (Å²) in [4.78, 5) is 30.6. The molecule has 0 fully saturated rings. The van der Waals surface area contributed by atoms with Crippen LogP contribution in [-0.4, -0.2) is 54.1 Å². The summed E-state index contributed by atoms with van der Waals surface area (Å²) in [5.74, 6) is 0. The summed E-state index contributed by atoms with van der Waals surface area (Å²) in [6, 6.07) is 0. The van der Waals surface area contributed by atoms with Crippen LogP contribution in [0.3, 0.4) is 0 Å². The van der Waals surface area contributed by atoms with Crippen LogP contribution in [0.1, 0.15) is 53.4 Å². The zero-order chi connectivity index (χ0) is 14.7. The molecule has 8 heteroatoms. The molecule has 0 aromatic heterocycles. The predicted octanol–water partition coefficient (Wildman–Crippen LogP) is -5.79. The van der Waals surface area contributed by atoms with Gasteiger partial charge in [0.25, 0.3) is 0 Å².